The van der Waals surface area contributed by atoms with Gasteiger partial charge in [-0.15, -0.1) is 0 Å². The van der Waals surface area contributed by atoms with E-state index in [-0.39, 0.29) is 29.9 Å². The zero-order valence-corrected chi connectivity index (χ0v) is 12.6. The van der Waals surface area contributed by atoms with Crippen LogP contribution in [0.1, 0.15) is 12.0 Å². The molecular weight excluding hydrogens is 294 g/mol. The summed E-state index contributed by atoms with van der Waals surface area (Å²) in [6.07, 6.45) is 1.78. The molecule has 1 fully saturated rings. The smallest absolute Gasteiger partial charge is 0.221 e. The second-order valence-electron chi connectivity index (χ2n) is 4.96. The van der Waals surface area contributed by atoms with Gasteiger partial charge in [-0.2, -0.15) is 0 Å². The highest BCUT2D eigenvalue weighted by Gasteiger charge is 2.25. The highest BCUT2D eigenvalue weighted by atomic mass is 32.2. The summed E-state index contributed by atoms with van der Waals surface area (Å²) >= 11 is 0. The number of carbonyl (C=O) groups excluding carboxylic acids is 1. The number of hydrogen-bond donors (Lipinski definition) is 2. The van der Waals surface area contributed by atoms with E-state index in [1.807, 2.05) is 6.07 Å². The lowest BCUT2D eigenvalue weighted by molar-refractivity contribution is -0.121. The van der Waals surface area contributed by atoms with Crippen molar-refractivity contribution >= 4 is 15.7 Å². The topological polar surface area (TPSA) is 97.4 Å². The first-order valence-corrected chi connectivity index (χ1v) is 8.50. The van der Waals surface area contributed by atoms with Gasteiger partial charge in [-0.1, -0.05) is 6.07 Å². The number of rotatable bonds is 5. The fourth-order valence-corrected chi connectivity index (χ4v) is 3.58. The van der Waals surface area contributed by atoms with Crippen LogP contribution in [0.2, 0.25) is 0 Å². The molecule has 21 heavy (non-hydrogen) atoms. The van der Waals surface area contributed by atoms with Gasteiger partial charge in [0, 0.05) is 37.8 Å². The number of pyridine rings is 1. The Hall–Kier alpha value is -1.67. The molecule has 1 saturated heterocycles. The SMILES string of the molecule is COc1ccc(CNC(=O)CC2CS(=O)(=O)CCN2)cn1. The summed E-state index contributed by atoms with van der Waals surface area (Å²) < 4.78 is 27.9. The molecule has 1 unspecified atom stereocenters. The van der Waals surface area contributed by atoms with Gasteiger partial charge in [-0.05, 0) is 5.56 Å². The van der Waals surface area contributed by atoms with Crippen LogP contribution in [0.25, 0.3) is 0 Å². The molecule has 0 bridgehead atoms. The van der Waals surface area contributed by atoms with E-state index in [9.17, 15) is 13.2 Å². The number of carbonyl (C=O) groups is 1. The molecule has 0 saturated carbocycles. The Morgan fingerprint density at radius 1 is 1.52 bits per heavy atom. The van der Waals surface area contributed by atoms with Gasteiger partial charge in [0.2, 0.25) is 11.8 Å². The first-order chi connectivity index (χ1) is 9.98. The third-order valence-electron chi connectivity index (χ3n) is 3.23. The van der Waals surface area contributed by atoms with Crippen LogP contribution in [-0.2, 0) is 21.2 Å². The number of aromatic nitrogens is 1. The van der Waals surface area contributed by atoms with Gasteiger partial charge in [0.15, 0.2) is 9.84 Å². The predicted octanol–water partition coefficient (Wildman–Crippen LogP) is -0.517. The van der Waals surface area contributed by atoms with Crippen LogP contribution in [0.3, 0.4) is 0 Å². The quantitative estimate of drug-likeness (QED) is 0.759. The van der Waals surface area contributed by atoms with Gasteiger partial charge < -0.3 is 15.4 Å². The summed E-state index contributed by atoms with van der Waals surface area (Å²) in [4.78, 5) is 15.9. The average Bonchev–Trinajstić information content (AvgIpc) is 2.44. The minimum Gasteiger partial charge on any atom is -0.481 e. The van der Waals surface area contributed by atoms with Gasteiger partial charge in [-0.25, -0.2) is 13.4 Å². The highest BCUT2D eigenvalue weighted by Crippen LogP contribution is 2.07. The Labute approximate surface area is 124 Å². The molecule has 1 aliphatic rings. The number of nitrogens with zero attached hydrogens (tertiary/aromatic N) is 1. The molecule has 2 heterocycles. The molecule has 2 N–H and O–H groups in total. The van der Waals surface area contributed by atoms with Crippen molar-refractivity contribution in [3.63, 3.8) is 0 Å². The van der Waals surface area contributed by atoms with Crippen molar-refractivity contribution in [3.8, 4) is 5.88 Å². The second-order valence-corrected chi connectivity index (χ2v) is 7.18. The highest BCUT2D eigenvalue weighted by molar-refractivity contribution is 7.91. The molecule has 2 rings (SSSR count). The van der Waals surface area contributed by atoms with Crippen LogP contribution in [0.5, 0.6) is 5.88 Å². The standard InChI is InChI=1S/C13H19N3O4S/c1-20-13-3-2-10(8-16-13)7-15-12(17)6-11-9-21(18,19)5-4-14-11/h2-3,8,11,14H,4-7,9H2,1H3,(H,15,17). The normalized spacial score (nSPS) is 20.7. The van der Waals surface area contributed by atoms with Crippen molar-refractivity contribution in [3.05, 3.63) is 23.9 Å². The summed E-state index contributed by atoms with van der Waals surface area (Å²) in [7, 11) is -1.48. The van der Waals surface area contributed by atoms with Gasteiger partial charge in [0.05, 0.1) is 18.6 Å². The maximum absolute atomic E-state index is 11.8. The van der Waals surface area contributed by atoms with Crippen LogP contribution in [0.4, 0.5) is 0 Å². The Morgan fingerprint density at radius 3 is 2.95 bits per heavy atom. The first-order valence-electron chi connectivity index (χ1n) is 6.68. The van der Waals surface area contributed by atoms with Crippen molar-refractivity contribution in [1.29, 1.82) is 0 Å². The Balaban J connectivity index is 1.79. The van der Waals surface area contributed by atoms with E-state index in [1.165, 1.54) is 7.11 Å². The van der Waals surface area contributed by atoms with Crippen LogP contribution < -0.4 is 15.4 Å². The number of amides is 1. The molecule has 0 aromatic carbocycles. The van der Waals surface area contributed by atoms with Gasteiger partial charge >= 0.3 is 0 Å². The fourth-order valence-electron chi connectivity index (χ4n) is 2.13. The number of methoxy groups -OCH3 is 1. The zero-order valence-electron chi connectivity index (χ0n) is 11.8. The third-order valence-corrected chi connectivity index (χ3v) is 4.97. The number of hydrogen-bond acceptors (Lipinski definition) is 6. The van der Waals surface area contributed by atoms with Gasteiger partial charge in [0.25, 0.3) is 0 Å². The van der Waals surface area contributed by atoms with Crippen LogP contribution in [0, 0.1) is 0 Å². The van der Waals surface area contributed by atoms with E-state index >= 15 is 0 Å². The predicted molar refractivity (Wildman–Crippen MR) is 77.7 cm³/mol. The van der Waals surface area contributed by atoms with Crippen molar-refractivity contribution in [2.75, 3.05) is 25.2 Å². The van der Waals surface area contributed by atoms with Crippen LogP contribution in [0.15, 0.2) is 18.3 Å². The van der Waals surface area contributed by atoms with Crippen molar-refractivity contribution < 1.29 is 17.9 Å². The molecule has 1 aromatic heterocycles. The summed E-state index contributed by atoms with van der Waals surface area (Å²) in [6, 6.07) is 3.23. The maximum atomic E-state index is 11.8. The summed E-state index contributed by atoms with van der Waals surface area (Å²) in [5, 5.41) is 5.81. The Bertz CT molecular complexity index is 586. The number of nitrogens with one attached hydrogen (secondary N) is 2. The molecule has 7 nitrogen and oxygen atoms in total. The summed E-state index contributed by atoms with van der Waals surface area (Å²) in [6.45, 7) is 0.762. The lowest BCUT2D eigenvalue weighted by Crippen LogP contribution is -2.47. The largest absolute Gasteiger partial charge is 0.481 e. The van der Waals surface area contributed by atoms with E-state index in [4.69, 9.17) is 4.74 Å². The van der Waals surface area contributed by atoms with E-state index < -0.39 is 9.84 Å². The minimum atomic E-state index is -3.02. The molecule has 1 aliphatic heterocycles. The van der Waals surface area contributed by atoms with Gasteiger partial charge in [-0.3, -0.25) is 4.79 Å². The van der Waals surface area contributed by atoms with Crippen molar-refractivity contribution in [2.24, 2.45) is 0 Å². The van der Waals surface area contributed by atoms with Crippen LogP contribution in [-0.4, -0.2) is 50.5 Å². The first kappa shape index (κ1) is 15.7. The molecule has 116 valence electrons. The number of sulfone groups is 1. The monoisotopic (exact) mass is 313 g/mol. The van der Waals surface area contributed by atoms with E-state index in [0.717, 1.165) is 5.56 Å². The average molecular weight is 313 g/mol. The Morgan fingerprint density at radius 2 is 2.33 bits per heavy atom. The molecule has 1 amide bonds. The molecular formula is C13H19N3O4S. The Kier molecular flexibility index (Phi) is 5.13. The molecule has 1 aromatic rings. The molecule has 8 heteroatoms. The van der Waals surface area contributed by atoms with Crippen LogP contribution >= 0.6 is 0 Å². The van der Waals surface area contributed by atoms with Crippen molar-refractivity contribution in [1.82, 2.24) is 15.6 Å². The molecule has 0 aliphatic carbocycles. The fraction of sp³-hybridized carbons (Fsp3) is 0.538. The van der Waals surface area contributed by atoms with E-state index in [2.05, 4.69) is 15.6 Å². The molecule has 0 radical (unpaired) electrons. The maximum Gasteiger partial charge on any atom is 0.221 e. The van der Waals surface area contributed by atoms with E-state index in [1.54, 1.807) is 12.3 Å². The minimum absolute atomic E-state index is 0.0184. The summed E-state index contributed by atoms with van der Waals surface area (Å²) in [5.74, 6) is 0.495. The van der Waals surface area contributed by atoms with Crippen molar-refractivity contribution in [2.45, 2.75) is 19.0 Å². The lowest BCUT2D eigenvalue weighted by atomic mass is 10.2. The molecule has 1 atom stereocenters. The van der Waals surface area contributed by atoms with Gasteiger partial charge in [0.1, 0.15) is 0 Å². The zero-order chi connectivity index (χ0) is 15.3. The lowest BCUT2D eigenvalue weighted by Gasteiger charge is -2.23. The third kappa shape index (κ3) is 4.98. The second kappa shape index (κ2) is 6.86. The molecule has 0 spiro atoms. The summed E-state index contributed by atoms with van der Waals surface area (Å²) in [5.41, 5.74) is 0.855. The van der Waals surface area contributed by atoms with E-state index in [0.29, 0.717) is 19.0 Å². The number of ether oxygens (including phenoxy) is 1.